The van der Waals surface area contributed by atoms with E-state index in [9.17, 15) is 8.42 Å². The van der Waals surface area contributed by atoms with Crippen LogP contribution in [-0.4, -0.2) is 38.1 Å². The van der Waals surface area contributed by atoms with Crippen molar-refractivity contribution in [2.75, 3.05) is 19.5 Å². The molecule has 116 valence electrons. The predicted molar refractivity (Wildman–Crippen MR) is 88.5 cm³/mol. The molecule has 0 amide bonds. The smallest absolute Gasteiger partial charge is 0.154 e. The second-order valence-corrected chi connectivity index (χ2v) is 8.53. The van der Waals surface area contributed by atoms with Gasteiger partial charge in [-0.05, 0) is 17.7 Å². The fraction of sp³-hybridized carbons (Fsp3) is 0.500. The van der Waals surface area contributed by atoms with Crippen LogP contribution in [0, 0.1) is 5.41 Å². The highest BCUT2D eigenvalue weighted by Gasteiger charge is 2.72. The maximum absolute atomic E-state index is 12.4. The minimum Gasteiger partial charge on any atom is -0.393 e. The number of nitrogens with two attached hydrogens (primary N) is 1. The van der Waals surface area contributed by atoms with E-state index < -0.39 is 20.5 Å². The van der Waals surface area contributed by atoms with Gasteiger partial charge in [0.2, 0.25) is 0 Å². The van der Waals surface area contributed by atoms with Crippen LogP contribution in [0.3, 0.4) is 0 Å². The molecule has 1 aromatic rings. The summed E-state index contributed by atoms with van der Waals surface area (Å²) in [6.07, 6.45) is 0. The van der Waals surface area contributed by atoms with E-state index >= 15 is 0 Å². The van der Waals surface area contributed by atoms with Gasteiger partial charge in [-0.2, -0.15) is 0 Å². The van der Waals surface area contributed by atoms with Gasteiger partial charge in [0.15, 0.2) is 9.84 Å². The van der Waals surface area contributed by atoms with E-state index in [1.807, 2.05) is 6.07 Å². The monoisotopic (exact) mass is 347 g/mol. The molecule has 2 N–H and O–H groups in total. The highest BCUT2D eigenvalue weighted by molar-refractivity contribution is 7.92. The molecule has 1 fully saturated rings. The lowest BCUT2D eigenvalue weighted by molar-refractivity contribution is 0.166. The van der Waals surface area contributed by atoms with Gasteiger partial charge in [-0.15, -0.1) is 0 Å². The van der Waals surface area contributed by atoms with Gasteiger partial charge in [0.25, 0.3) is 0 Å². The molecule has 7 heteroatoms. The standard InChI is InChI=1S/C14H18ClNO3S2/c1-3-21(17,18)12-11(9-5-4-6-10(15)7-9)14(12,8-19-2)13(16)20/h4-7,11-12H,3,8H2,1-2H3,(H2,16,20)/t11-,12+,14-/m0/s1. The Kier molecular flexibility index (Phi) is 4.63. The average molecular weight is 348 g/mol. The van der Waals surface area contributed by atoms with Gasteiger partial charge in [-0.25, -0.2) is 8.42 Å². The second kappa shape index (κ2) is 5.83. The molecule has 0 saturated heterocycles. The molecular formula is C14H18ClNO3S2. The maximum Gasteiger partial charge on any atom is 0.154 e. The van der Waals surface area contributed by atoms with Crippen LogP contribution in [0.1, 0.15) is 18.4 Å². The Morgan fingerprint density at radius 1 is 1.52 bits per heavy atom. The molecule has 0 aromatic heterocycles. The molecule has 0 spiro atoms. The zero-order chi connectivity index (χ0) is 15.8. The van der Waals surface area contributed by atoms with Gasteiger partial charge in [-0.1, -0.05) is 42.9 Å². The van der Waals surface area contributed by atoms with Crippen LogP contribution in [0.5, 0.6) is 0 Å². The summed E-state index contributed by atoms with van der Waals surface area (Å²) in [7, 11) is -1.78. The number of methoxy groups -OCH3 is 1. The van der Waals surface area contributed by atoms with Gasteiger partial charge in [0, 0.05) is 23.8 Å². The third kappa shape index (κ3) is 2.70. The number of thiocarbonyl (C=S) groups is 1. The molecule has 2 rings (SSSR count). The van der Waals surface area contributed by atoms with Crippen LogP contribution in [0.2, 0.25) is 5.02 Å². The van der Waals surface area contributed by atoms with Gasteiger partial charge < -0.3 is 10.5 Å². The van der Waals surface area contributed by atoms with Crippen molar-refractivity contribution in [2.24, 2.45) is 11.1 Å². The minimum atomic E-state index is -3.30. The van der Waals surface area contributed by atoms with Crippen LogP contribution in [0.4, 0.5) is 0 Å². The Balaban J connectivity index is 2.54. The molecular weight excluding hydrogens is 330 g/mol. The number of ether oxygens (including phenoxy) is 1. The van der Waals surface area contributed by atoms with Gasteiger partial charge in [0.1, 0.15) is 0 Å². The summed E-state index contributed by atoms with van der Waals surface area (Å²) in [5.41, 5.74) is 5.86. The van der Waals surface area contributed by atoms with Crippen LogP contribution >= 0.6 is 23.8 Å². The van der Waals surface area contributed by atoms with Crippen molar-refractivity contribution in [3.8, 4) is 0 Å². The quantitative estimate of drug-likeness (QED) is 0.798. The SMILES string of the molecule is CCS(=O)(=O)[C@@H]1[C@H](c2cccc(Cl)c2)[C@]1(COC)C(N)=S. The summed E-state index contributed by atoms with van der Waals surface area (Å²) in [5.74, 6) is -0.262. The van der Waals surface area contributed by atoms with Crippen LogP contribution in [0.15, 0.2) is 24.3 Å². The first-order valence-electron chi connectivity index (χ1n) is 6.57. The van der Waals surface area contributed by atoms with Gasteiger partial charge in [-0.3, -0.25) is 0 Å². The number of benzene rings is 1. The molecule has 1 aromatic carbocycles. The summed E-state index contributed by atoms with van der Waals surface area (Å²) in [6, 6.07) is 7.16. The van der Waals surface area contributed by atoms with E-state index in [4.69, 9.17) is 34.3 Å². The van der Waals surface area contributed by atoms with E-state index in [0.717, 1.165) is 5.56 Å². The third-order valence-electron chi connectivity index (χ3n) is 4.10. The number of halogens is 1. The van der Waals surface area contributed by atoms with Crippen LogP contribution in [-0.2, 0) is 14.6 Å². The molecule has 0 unspecified atom stereocenters. The van der Waals surface area contributed by atoms with E-state index in [0.29, 0.717) is 5.02 Å². The number of hydrogen-bond acceptors (Lipinski definition) is 4. The van der Waals surface area contributed by atoms with E-state index in [1.165, 1.54) is 7.11 Å². The molecule has 1 saturated carbocycles. The normalized spacial score (nSPS) is 28.3. The maximum atomic E-state index is 12.4. The molecule has 3 atom stereocenters. The Hall–Kier alpha value is -0.690. The molecule has 0 bridgehead atoms. The highest BCUT2D eigenvalue weighted by Crippen LogP contribution is 2.63. The summed E-state index contributed by atoms with van der Waals surface area (Å²) >= 11 is 11.2. The van der Waals surface area contributed by atoms with Gasteiger partial charge >= 0.3 is 0 Å². The average Bonchev–Trinajstić information content (AvgIpc) is 3.10. The summed E-state index contributed by atoms with van der Waals surface area (Å²) in [5, 5.41) is -0.0905. The zero-order valence-electron chi connectivity index (χ0n) is 11.9. The topological polar surface area (TPSA) is 69.4 Å². The van der Waals surface area contributed by atoms with Crippen molar-refractivity contribution >= 4 is 38.6 Å². The first-order chi connectivity index (χ1) is 9.81. The number of sulfone groups is 1. The molecule has 0 heterocycles. The lowest BCUT2D eigenvalue weighted by Crippen LogP contribution is -2.33. The van der Waals surface area contributed by atoms with Crippen molar-refractivity contribution in [1.29, 1.82) is 0 Å². The lowest BCUT2D eigenvalue weighted by Gasteiger charge is -2.15. The Bertz CT molecular complexity index is 662. The minimum absolute atomic E-state index is 0.0445. The lowest BCUT2D eigenvalue weighted by atomic mass is 10.00. The van der Waals surface area contributed by atoms with E-state index in [2.05, 4.69) is 0 Å². The van der Waals surface area contributed by atoms with Crippen molar-refractivity contribution in [3.63, 3.8) is 0 Å². The van der Waals surface area contributed by atoms with E-state index in [1.54, 1.807) is 25.1 Å². The molecule has 1 aliphatic carbocycles. The first-order valence-corrected chi connectivity index (χ1v) is 9.07. The Morgan fingerprint density at radius 3 is 2.67 bits per heavy atom. The molecule has 1 aliphatic rings. The summed E-state index contributed by atoms with van der Waals surface area (Å²) < 4.78 is 30.1. The largest absolute Gasteiger partial charge is 0.393 e. The summed E-state index contributed by atoms with van der Waals surface area (Å²) in [4.78, 5) is 0.177. The molecule has 0 radical (unpaired) electrons. The van der Waals surface area contributed by atoms with Crippen molar-refractivity contribution in [1.82, 2.24) is 0 Å². The Morgan fingerprint density at radius 2 is 2.19 bits per heavy atom. The highest BCUT2D eigenvalue weighted by atomic mass is 35.5. The molecule has 21 heavy (non-hydrogen) atoms. The fourth-order valence-corrected chi connectivity index (χ4v) is 5.72. The third-order valence-corrected chi connectivity index (χ3v) is 6.98. The number of hydrogen-bond donors (Lipinski definition) is 1. The zero-order valence-corrected chi connectivity index (χ0v) is 14.3. The van der Waals surface area contributed by atoms with Gasteiger partial charge in [0.05, 0.1) is 22.3 Å². The first kappa shape index (κ1) is 16.7. The van der Waals surface area contributed by atoms with E-state index in [-0.39, 0.29) is 23.3 Å². The summed E-state index contributed by atoms with van der Waals surface area (Å²) in [6.45, 7) is 1.81. The van der Waals surface area contributed by atoms with Crippen LogP contribution < -0.4 is 5.73 Å². The Labute approximate surface area is 135 Å². The molecule has 0 aliphatic heterocycles. The van der Waals surface area contributed by atoms with Crippen molar-refractivity contribution < 1.29 is 13.2 Å². The van der Waals surface area contributed by atoms with Crippen LogP contribution in [0.25, 0.3) is 0 Å². The predicted octanol–water partition coefficient (Wildman–Crippen LogP) is 2.16. The van der Waals surface area contributed by atoms with Crippen molar-refractivity contribution in [2.45, 2.75) is 18.1 Å². The second-order valence-electron chi connectivity index (χ2n) is 5.24. The van der Waals surface area contributed by atoms with Crippen molar-refractivity contribution in [3.05, 3.63) is 34.9 Å². The fourth-order valence-electron chi connectivity index (χ4n) is 3.06. The molecule has 4 nitrogen and oxygen atoms in total. The number of rotatable bonds is 6.